The average molecular weight is 372 g/mol. The van der Waals surface area contributed by atoms with Crippen molar-refractivity contribution in [1.29, 1.82) is 0 Å². The van der Waals surface area contributed by atoms with Crippen molar-refractivity contribution in [2.45, 2.75) is 19.4 Å². The van der Waals surface area contributed by atoms with E-state index in [2.05, 4.69) is 10.6 Å². The van der Waals surface area contributed by atoms with Crippen LogP contribution in [-0.2, 0) is 9.59 Å². The maximum atomic E-state index is 12.6. The summed E-state index contributed by atoms with van der Waals surface area (Å²) in [6.07, 6.45) is 0.580. The molecule has 1 aliphatic heterocycles. The third-order valence-corrected chi connectivity index (χ3v) is 4.13. The SMILES string of the molecule is CNCC(C)C(=O)NC1CCN(c2cc(OC)cc(OC)c2)C1=O.Cl. The number of nitrogens with one attached hydrogen (secondary N) is 2. The standard InChI is InChI=1S/C17H25N3O4.ClH/c1-11(10-18-2)16(21)19-15-5-6-20(17(15)22)12-7-13(23-3)9-14(8-12)24-4;/h7-9,11,15,18H,5-6,10H2,1-4H3,(H,19,21);1H. The molecule has 0 saturated carbocycles. The summed E-state index contributed by atoms with van der Waals surface area (Å²) in [5.41, 5.74) is 0.705. The van der Waals surface area contributed by atoms with Gasteiger partial charge in [-0.2, -0.15) is 0 Å². The van der Waals surface area contributed by atoms with E-state index in [1.807, 2.05) is 6.92 Å². The molecule has 0 spiro atoms. The molecule has 8 heteroatoms. The van der Waals surface area contributed by atoms with Crippen LogP contribution in [0.15, 0.2) is 18.2 Å². The van der Waals surface area contributed by atoms with Crippen LogP contribution in [0.1, 0.15) is 13.3 Å². The number of nitrogens with zero attached hydrogens (tertiary/aromatic N) is 1. The second-order valence-electron chi connectivity index (χ2n) is 5.87. The molecule has 1 aromatic rings. The molecule has 1 aliphatic rings. The van der Waals surface area contributed by atoms with Gasteiger partial charge in [-0.3, -0.25) is 9.59 Å². The van der Waals surface area contributed by atoms with Crippen molar-refractivity contribution in [3.63, 3.8) is 0 Å². The van der Waals surface area contributed by atoms with E-state index in [-0.39, 0.29) is 30.1 Å². The molecular formula is C17H26ClN3O4. The predicted octanol–water partition coefficient (Wildman–Crippen LogP) is 1.20. The number of carbonyl (C=O) groups excluding carboxylic acids is 2. The first-order chi connectivity index (χ1) is 11.5. The summed E-state index contributed by atoms with van der Waals surface area (Å²) in [6, 6.07) is 4.83. The van der Waals surface area contributed by atoms with Crippen molar-refractivity contribution in [2.75, 3.05) is 39.3 Å². The van der Waals surface area contributed by atoms with Crippen LogP contribution in [-0.4, -0.2) is 52.2 Å². The number of rotatable bonds is 7. The van der Waals surface area contributed by atoms with E-state index in [0.29, 0.717) is 36.7 Å². The van der Waals surface area contributed by atoms with E-state index in [0.717, 1.165) is 0 Å². The molecule has 2 unspecified atom stereocenters. The highest BCUT2D eigenvalue weighted by Crippen LogP contribution is 2.31. The monoisotopic (exact) mass is 371 g/mol. The molecule has 1 fully saturated rings. The second-order valence-corrected chi connectivity index (χ2v) is 5.87. The number of amides is 2. The largest absolute Gasteiger partial charge is 0.497 e. The van der Waals surface area contributed by atoms with Gasteiger partial charge in [0.2, 0.25) is 11.8 Å². The zero-order chi connectivity index (χ0) is 17.7. The Balaban J connectivity index is 0.00000312. The maximum Gasteiger partial charge on any atom is 0.249 e. The molecule has 2 N–H and O–H groups in total. The van der Waals surface area contributed by atoms with Crippen LogP contribution in [0.2, 0.25) is 0 Å². The molecule has 0 aromatic heterocycles. The van der Waals surface area contributed by atoms with Gasteiger partial charge in [-0.05, 0) is 13.5 Å². The minimum absolute atomic E-state index is 0. The average Bonchev–Trinajstić information content (AvgIpc) is 2.95. The number of anilines is 1. The highest BCUT2D eigenvalue weighted by atomic mass is 35.5. The highest BCUT2D eigenvalue weighted by molar-refractivity contribution is 6.01. The van der Waals surface area contributed by atoms with Crippen molar-refractivity contribution in [3.8, 4) is 11.5 Å². The Labute approximate surface area is 154 Å². The molecule has 1 heterocycles. The molecule has 0 bridgehead atoms. The van der Waals surface area contributed by atoms with Gasteiger partial charge in [0.15, 0.2) is 0 Å². The van der Waals surface area contributed by atoms with Gasteiger partial charge in [0.25, 0.3) is 0 Å². The fourth-order valence-electron chi connectivity index (χ4n) is 2.73. The summed E-state index contributed by atoms with van der Waals surface area (Å²) >= 11 is 0. The molecule has 0 radical (unpaired) electrons. The second kappa shape index (κ2) is 9.48. The van der Waals surface area contributed by atoms with Crippen molar-refractivity contribution in [1.82, 2.24) is 10.6 Å². The molecule has 0 aliphatic carbocycles. The van der Waals surface area contributed by atoms with Gasteiger partial charge in [0.1, 0.15) is 17.5 Å². The molecule has 7 nitrogen and oxygen atoms in total. The van der Waals surface area contributed by atoms with Crippen molar-refractivity contribution < 1.29 is 19.1 Å². The lowest BCUT2D eigenvalue weighted by atomic mass is 10.1. The predicted molar refractivity (Wildman–Crippen MR) is 98.8 cm³/mol. The molecule has 2 atom stereocenters. The van der Waals surface area contributed by atoms with Gasteiger partial charge >= 0.3 is 0 Å². The number of hydrogen-bond donors (Lipinski definition) is 2. The van der Waals surface area contributed by atoms with Crippen molar-refractivity contribution in [3.05, 3.63) is 18.2 Å². The number of methoxy groups -OCH3 is 2. The maximum absolute atomic E-state index is 12.6. The van der Waals surface area contributed by atoms with E-state index < -0.39 is 6.04 Å². The first-order valence-corrected chi connectivity index (χ1v) is 7.99. The minimum Gasteiger partial charge on any atom is -0.497 e. The lowest BCUT2D eigenvalue weighted by Gasteiger charge is -2.20. The van der Waals surface area contributed by atoms with Crippen LogP contribution < -0.4 is 25.0 Å². The van der Waals surface area contributed by atoms with Crippen molar-refractivity contribution in [2.24, 2.45) is 5.92 Å². The van der Waals surface area contributed by atoms with Crippen molar-refractivity contribution >= 4 is 29.9 Å². The Morgan fingerprint density at radius 1 is 1.28 bits per heavy atom. The number of benzene rings is 1. The first-order valence-electron chi connectivity index (χ1n) is 7.99. The minimum atomic E-state index is -0.492. The van der Waals surface area contributed by atoms with E-state index in [9.17, 15) is 9.59 Å². The molecule has 140 valence electrons. The Bertz CT molecular complexity index is 589. The molecule has 25 heavy (non-hydrogen) atoms. The normalized spacial score (nSPS) is 17.7. The van der Waals surface area contributed by atoms with Crippen LogP contribution in [0.4, 0.5) is 5.69 Å². The van der Waals surface area contributed by atoms with E-state index in [1.165, 1.54) is 0 Å². The molecule has 2 amide bonds. The van der Waals surface area contributed by atoms with Gasteiger partial charge in [-0.1, -0.05) is 6.92 Å². The van der Waals surface area contributed by atoms with Gasteiger partial charge < -0.3 is 25.0 Å². The van der Waals surface area contributed by atoms with Crippen LogP contribution >= 0.6 is 12.4 Å². The summed E-state index contributed by atoms with van der Waals surface area (Å²) in [7, 11) is 4.93. The van der Waals surface area contributed by atoms with Gasteiger partial charge in [-0.25, -0.2) is 0 Å². The third-order valence-electron chi connectivity index (χ3n) is 4.13. The highest BCUT2D eigenvalue weighted by Gasteiger charge is 2.34. The quantitative estimate of drug-likeness (QED) is 0.753. The van der Waals surface area contributed by atoms with Crippen LogP contribution in [0, 0.1) is 5.92 Å². The zero-order valence-electron chi connectivity index (χ0n) is 15.0. The Hall–Kier alpha value is -1.99. The smallest absolute Gasteiger partial charge is 0.249 e. The summed E-state index contributed by atoms with van der Waals surface area (Å²) in [6.45, 7) is 2.94. The fourth-order valence-corrected chi connectivity index (χ4v) is 2.73. The Kier molecular flexibility index (Phi) is 7.99. The first kappa shape index (κ1) is 21.1. The van der Waals surface area contributed by atoms with Gasteiger partial charge in [-0.15, -0.1) is 12.4 Å². The summed E-state index contributed by atoms with van der Waals surface area (Å²) in [5.74, 6) is 0.816. The molecule has 2 rings (SSSR count). The number of hydrogen-bond acceptors (Lipinski definition) is 5. The summed E-state index contributed by atoms with van der Waals surface area (Å²) < 4.78 is 10.5. The molecular weight excluding hydrogens is 346 g/mol. The number of ether oxygens (including phenoxy) is 2. The zero-order valence-corrected chi connectivity index (χ0v) is 15.8. The Morgan fingerprint density at radius 2 is 1.88 bits per heavy atom. The summed E-state index contributed by atoms with van der Waals surface area (Å²) in [4.78, 5) is 26.4. The molecule has 1 saturated heterocycles. The fraction of sp³-hybridized carbons (Fsp3) is 0.529. The summed E-state index contributed by atoms with van der Waals surface area (Å²) in [5, 5.41) is 5.80. The van der Waals surface area contributed by atoms with Crippen LogP contribution in [0.25, 0.3) is 0 Å². The number of halogens is 1. The van der Waals surface area contributed by atoms with Crippen LogP contribution in [0.3, 0.4) is 0 Å². The van der Waals surface area contributed by atoms with E-state index >= 15 is 0 Å². The number of carbonyl (C=O) groups is 2. The van der Waals surface area contributed by atoms with Gasteiger partial charge in [0, 0.05) is 37.2 Å². The van der Waals surface area contributed by atoms with Crippen LogP contribution in [0.5, 0.6) is 11.5 Å². The third kappa shape index (κ3) is 4.99. The lowest BCUT2D eigenvalue weighted by molar-refractivity contribution is -0.128. The molecule has 1 aromatic carbocycles. The Morgan fingerprint density at radius 3 is 2.40 bits per heavy atom. The van der Waals surface area contributed by atoms with E-state index in [1.54, 1.807) is 44.4 Å². The van der Waals surface area contributed by atoms with E-state index in [4.69, 9.17) is 9.47 Å². The van der Waals surface area contributed by atoms with Gasteiger partial charge in [0.05, 0.1) is 19.9 Å². The topological polar surface area (TPSA) is 79.9 Å². The lowest BCUT2D eigenvalue weighted by Crippen LogP contribution is -2.45.